The second-order valence-corrected chi connectivity index (χ2v) is 9.69. The van der Waals surface area contributed by atoms with Crippen molar-refractivity contribution in [2.24, 2.45) is 0 Å². The maximum Gasteiger partial charge on any atom is 0.490 e. The first-order valence-electron chi connectivity index (χ1n) is 12.1. The maximum absolute atomic E-state index is 13.0. The molecule has 1 unspecified atom stereocenters. The number of piperidine rings is 1. The van der Waals surface area contributed by atoms with E-state index in [0.29, 0.717) is 24.7 Å². The van der Waals surface area contributed by atoms with E-state index in [-0.39, 0.29) is 11.3 Å². The third-order valence-electron chi connectivity index (χ3n) is 7.50. The van der Waals surface area contributed by atoms with Crippen LogP contribution in [0.3, 0.4) is 0 Å². The van der Waals surface area contributed by atoms with Gasteiger partial charge in [-0.05, 0) is 48.8 Å². The van der Waals surface area contributed by atoms with Crippen LogP contribution in [0.5, 0.6) is 0 Å². The highest BCUT2D eigenvalue weighted by atomic mass is 19.4. The zero-order chi connectivity index (χ0) is 25.8. The number of fused-ring (bicyclic) bond motifs is 2. The summed E-state index contributed by atoms with van der Waals surface area (Å²) in [6, 6.07) is 8.75. The first-order chi connectivity index (χ1) is 16.5. The highest BCUT2D eigenvalue weighted by Crippen LogP contribution is 2.52. The van der Waals surface area contributed by atoms with E-state index < -0.39 is 12.1 Å². The Bertz CT molecular complexity index is 921. The van der Waals surface area contributed by atoms with Crippen LogP contribution in [0.15, 0.2) is 24.3 Å². The number of hydrogen-bond acceptors (Lipinski definition) is 4. The summed E-state index contributed by atoms with van der Waals surface area (Å²) in [5.74, 6) is -1.87. The summed E-state index contributed by atoms with van der Waals surface area (Å²) >= 11 is 0. The largest absolute Gasteiger partial charge is 0.490 e. The quantitative estimate of drug-likeness (QED) is 0.694. The van der Waals surface area contributed by atoms with Gasteiger partial charge in [0.25, 0.3) is 0 Å². The molecule has 10 heteroatoms. The summed E-state index contributed by atoms with van der Waals surface area (Å²) in [5.41, 5.74) is 2.96. The van der Waals surface area contributed by atoms with Crippen LogP contribution in [0.1, 0.15) is 56.1 Å². The number of carbonyl (C=O) groups is 3. The van der Waals surface area contributed by atoms with E-state index in [1.165, 1.54) is 11.1 Å². The standard InChI is InChI=1S/C23H33N3O2.C2HF3O2/c1-3-21(27)25-10-8-23(9-11-25)17-18(19-6-4-5-7-20(19)23)16-22(28)26-14-12-24(2)13-15-26;3-2(4,5)1(6)7/h4-7,18H,3,8-17H2,1-2H3;(H,6,7). The number of rotatable bonds is 3. The molecule has 0 aromatic heterocycles. The number of aliphatic carboxylic acids is 1. The zero-order valence-electron chi connectivity index (χ0n) is 20.3. The highest BCUT2D eigenvalue weighted by Gasteiger charge is 2.46. The van der Waals surface area contributed by atoms with Crippen LogP contribution in [-0.4, -0.2) is 90.1 Å². The number of halogens is 3. The lowest BCUT2D eigenvalue weighted by Gasteiger charge is -2.40. The number of hydrogen-bond donors (Lipinski definition) is 1. The molecule has 35 heavy (non-hydrogen) atoms. The van der Waals surface area contributed by atoms with Crippen molar-refractivity contribution in [3.63, 3.8) is 0 Å². The van der Waals surface area contributed by atoms with Crippen LogP contribution in [0.2, 0.25) is 0 Å². The summed E-state index contributed by atoms with van der Waals surface area (Å²) in [4.78, 5) is 40.3. The summed E-state index contributed by atoms with van der Waals surface area (Å²) < 4.78 is 31.7. The molecule has 1 aliphatic carbocycles. The van der Waals surface area contributed by atoms with Gasteiger partial charge in [0.05, 0.1) is 0 Å². The number of carboxylic acids is 1. The molecule has 1 aromatic rings. The fraction of sp³-hybridized carbons (Fsp3) is 0.640. The normalized spacial score (nSPS) is 21.8. The van der Waals surface area contributed by atoms with Crippen LogP contribution < -0.4 is 0 Å². The molecule has 2 saturated heterocycles. The highest BCUT2D eigenvalue weighted by molar-refractivity contribution is 5.78. The van der Waals surface area contributed by atoms with E-state index in [4.69, 9.17) is 9.90 Å². The Morgan fingerprint density at radius 1 is 0.971 bits per heavy atom. The van der Waals surface area contributed by atoms with Gasteiger partial charge < -0.3 is 19.8 Å². The molecule has 7 nitrogen and oxygen atoms in total. The number of carbonyl (C=O) groups excluding carboxylic acids is 2. The molecule has 1 N–H and O–H groups in total. The van der Waals surface area contributed by atoms with Crippen LogP contribution in [0.4, 0.5) is 13.2 Å². The van der Waals surface area contributed by atoms with Gasteiger partial charge in [-0.25, -0.2) is 4.79 Å². The monoisotopic (exact) mass is 497 g/mol. The molecule has 1 aromatic carbocycles. The fourth-order valence-electron chi connectivity index (χ4n) is 5.49. The van der Waals surface area contributed by atoms with E-state index in [1.807, 2.05) is 11.8 Å². The van der Waals surface area contributed by atoms with Crippen LogP contribution in [0.25, 0.3) is 0 Å². The van der Waals surface area contributed by atoms with Crippen molar-refractivity contribution < 1.29 is 32.7 Å². The Kier molecular flexibility index (Phi) is 8.46. The average molecular weight is 498 g/mol. The second kappa shape index (κ2) is 11.0. The van der Waals surface area contributed by atoms with E-state index >= 15 is 0 Å². The number of alkyl halides is 3. The van der Waals surface area contributed by atoms with Crippen LogP contribution >= 0.6 is 0 Å². The Morgan fingerprint density at radius 2 is 1.51 bits per heavy atom. The van der Waals surface area contributed by atoms with Gasteiger partial charge in [0.1, 0.15) is 0 Å². The number of likely N-dealkylation sites (tertiary alicyclic amines) is 1. The van der Waals surface area contributed by atoms with E-state index in [0.717, 1.165) is 58.5 Å². The minimum absolute atomic E-state index is 0.147. The zero-order valence-corrected chi connectivity index (χ0v) is 20.3. The summed E-state index contributed by atoms with van der Waals surface area (Å²) in [6.45, 7) is 7.28. The molecule has 4 rings (SSSR count). The van der Waals surface area contributed by atoms with Crippen molar-refractivity contribution in [2.75, 3.05) is 46.3 Å². The molecule has 1 spiro atoms. The SMILES string of the molecule is CCC(=O)N1CCC2(CC1)CC(CC(=O)N1CCN(C)CC1)c1ccccc12.O=C(O)C(F)(F)F. The third-order valence-corrected chi connectivity index (χ3v) is 7.50. The molecule has 2 amide bonds. The predicted octanol–water partition coefficient (Wildman–Crippen LogP) is 3.24. The molecule has 0 radical (unpaired) electrons. The summed E-state index contributed by atoms with van der Waals surface area (Å²) in [5, 5.41) is 7.12. The van der Waals surface area contributed by atoms with Crippen LogP contribution in [0, 0.1) is 0 Å². The molecule has 0 saturated carbocycles. The van der Waals surface area contributed by atoms with Crippen molar-refractivity contribution >= 4 is 17.8 Å². The Hall–Kier alpha value is -2.62. The minimum atomic E-state index is -5.08. The van der Waals surface area contributed by atoms with Crippen molar-refractivity contribution in [3.8, 4) is 0 Å². The third kappa shape index (κ3) is 6.34. The molecule has 3 aliphatic rings. The topological polar surface area (TPSA) is 81.2 Å². The Labute approximate surface area is 203 Å². The maximum atomic E-state index is 13.0. The van der Waals surface area contributed by atoms with Crippen molar-refractivity contribution in [2.45, 2.75) is 56.5 Å². The number of nitrogens with zero attached hydrogens (tertiary/aromatic N) is 3. The average Bonchev–Trinajstić information content (AvgIpc) is 3.12. The number of amides is 2. The van der Waals surface area contributed by atoms with E-state index in [9.17, 15) is 22.8 Å². The van der Waals surface area contributed by atoms with Gasteiger partial charge in [0.15, 0.2) is 0 Å². The van der Waals surface area contributed by atoms with Crippen LogP contribution in [-0.2, 0) is 19.8 Å². The fourth-order valence-corrected chi connectivity index (χ4v) is 5.49. The lowest BCUT2D eigenvalue weighted by atomic mass is 9.73. The molecule has 2 aliphatic heterocycles. The summed E-state index contributed by atoms with van der Waals surface area (Å²) in [7, 11) is 2.12. The van der Waals surface area contributed by atoms with Gasteiger partial charge in [-0.15, -0.1) is 0 Å². The van der Waals surface area contributed by atoms with E-state index in [1.54, 1.807) is 0 Å². The van der Waals surface area contributed by atoms with Gasteiger partial charge in [-0.1, -0.05) is 31.2 Å². The molecule has 2 heterocycles. The van der Waals surface area contributed by atoms with Gasteiger partial charge in [0.2, 0.25) is 11.8 Å². The predicted molar refractivity (Wildman–Crippen MR) is 124 cm³/mol. The molecular weight excluding hydrogens is 463 g/mol. The lowest BCUT2D eigenvalue weighted by Crippen LogP contribution is -2.47. The van der Waals surface area contributed by atoms with Crippen molar-refractivity contribution in [1.82, 2.24) is 14.7 Å². The van der Waals surface area contributed by atoms with Gasteiger partial charge in [-0.2, -0.15) is 13.2 Å². The van der Waals surface area contributed by atoms with Gasteiger partial charge in [0, 0.05) is 52.1 Å². The molecule has 2 fully saturated rings. The molecule has 1 atom stereocenters. The Balaban J connectivity index is 0.000000429. The first kappa shape index (κ1) is 27.0. The van der Waals surface area contributed by atoms with Gasteiger partial charge >= 0.3 is 12.1 Å². The van der Waals surface area contributed by atoms with Crippen molar-refractivity contribution in [3.05, 3.63) is 35.4 Å². The molecular formula is C25H34F3N3O4. The number of carboxylic acid groups (broad SMARTS) is 1. The molecule has 0 bridgehead atoms. The number of benzene rings is 1. The van der Waals surface area contributed by atoms with E-state index in [2.05, 4.69) is 41.1 Å². The first-order valence-corrected chi connectivity index (χ1v) is 12.1. The smallest absolute Gasteiger partial charge is 0.475 e. The second-order valence-electron chi connectivity index (χ2n) is 9.69. The minimum Gasteiger partial charge on any atom is -0.475 e. The molecule has 194 valence electrons. The lowest BCUT2D eigenvalue weighted by molar-refractivity contribution is -0.192. The van der Waals surface area contributed by atoms with Crippen molar-refractivity contribution in [1.29, 1.82) is 0 Å². The summed E-state index contributed by atoms with van der Waals surface area (Å²) in [6.07, 6.45) is -0.768. The Morgan fingerprint density at radius 3 is 2.06 bits per heavy atom. The number of piperazine rings is 1. The number of likely N-dealkylation sites (N-methyl/N-ethyl adjacent to an activating group) is 1. The van der Waals surface area contributed by atoms with Gasteiger partial charge in [-0.3, -0.25) is 9.59 Å².